The summed E-state index contributed by atoms with van der Waals surface area (Å²) in [6.45, 7) is 4.03. The van der Waals surface area contributed by atoms with Crippen LogP contribution in [0.2, 0.25) is 0 Å². The molecule has 4 rings (SSSR count). The number of nitrogens with zero attached hydrogens (tertiary/aromatic N) is 4. The largest absolute Gasteiger partial charge is 0.478 e. The van der Waals surface area contributed by atoms with Crippen molar-refractivity contribution in [2.24, 2.45) is 0 Å². The Morgan fingerprint density at radius 2 is 1.82 bits per heavy atom. The molecule has 4 aromatic rings. The number of nitrogens with one attached hydrogen (secondary N) is 1. The van der Waals surface area contributed by atoms with Gasteiger partial charge < -0.3 is 9.47 Å². The molecule has 174 valence electrons. The minimum absolute atomic E-state index is 0.212. The highest BCUT2D eigenvalue weighted by Crippen LogP contribution is 2.39. The third-order valence-corrected chi connectivity index (χ3v) is 5.93. The second-order valence-electron chi connectivity index (χ2n) is 7.47. The van der Waals surface area contributed by atoms with Gasteiger partial charge in [0, 0.05) is 24.2 Å². The first-order chi connectivity index (χ1) is 16.6. The van der Waals surface area contributed by atoms with Crippen LogP contribution in [0.5, 0.6) is 17.4 Å². The zero-order valence-electron chi connectivity index (χ0n) is 19.2. The zero-order valence-corrected chi connectivity index (χ0v) is 20.0. The van der Waals surface area contributed by atoms with Crippen LogP contribution < -0.4 is 14.2 Å². The van der Waals surface area contributed by atoms with Gasteiger partial charge in [-0.2, -0.15) is 4.98 Å². The summed E-state index contributed by atoms with van der Waals surface area (Å²) in [5.41, 5.74) is 2.74. The molecule has 0 aliphatic heterocycles. The Bertz CT molecular complexity index is 1280. The smallest absolute Gasteiger partial charge is 0.263 e. The van der Waals surface area contributed by atoms with Crippen LogP contribution in [0.4, 0.5) is 5.82 Å². The summed E-state index contributed by atoms with van der Waals surface area (Å²) in [4.78, 5) is 17.5. The maximum Gasteiger partial charge on any atom is 0.263 e. The molecule has 0 bridgehead atoms. The Morgan fingerprint density at radius 1 is 1.03 bits per heavy atom. The molecule has 0 fully saturated rings. The normalized spacial score (nSPS) is 11.6. The van der Waals surface area contributed by atoms with Gasteiger partial charge in [0.2, 0.25) is 5.75 Å². The van der Waals surface area contributed by atoms with Crippen molar-refractivity contribution in [1.29, 1.82) is 0 Å². The molecule has 1 N–H and O–H groups in total. The van der Waals surface area contributed by atoms with Gasteiger partial charge in [-0.25, -0.2) is 14.2 Å². The van der Waals surface area contributed by atoms with Gasteiger partial charge in [-0.05, 0) is 48.7 Å². The fourth-order valence-electron chi connectivity index (χ4n) is 3.25. The fraction of sp³-hybridized carbons (Fsp3) is 0.200. The Balaban J connectivity index is 1.80. The monoisotopic (exact) mass is 475 g/mol. The van der Waals surface area contributed by atoms with E-state index in [1.165, 1.54) is 7.11 Å². The van der Waals surface area contributed by atoms with E-state index < -0.39 is 11.0 Å². The lowest BCUT2D eigenvalue weighted by molar-refractivity contribution is 0.362. The molecule has 0 saturated carbocycles. The molecule has 34 heavy (non-hydrogen) atoms. The maximum absolute atomic E-state index is 13.1. The molecular weight excluding hydrogens is 450 g/mol. The van der Waals surface area contributed by atoms with Gasteiger partial charge in [-0.15, -0.1) is 0 Å². The number of aryl methyl sites for hydroxylation is 2. The lowest BCUT2D eigenvalue weighted by atomic mass is 10.1. The Morgan fingerprint density at radius 3 is 2.53 bits per heavy atom. The number of rotatable bonds is 9. The molecular formula is C25H25N5O3S. The molecule has 0 spiro atoms. The first-order valence-corrected chi connectivity index (χ1v) is 12.0. The van der Waals surface area contributed by atoms with Crippen LogP contribution in [0.1, 0.15) is 24.5 Å². The number of hydrogen-bond acceptors (Lipinski definition) is 7. The van der Waals surface area contributed by atoms with Gasteiger partial charge in [0.05, 0.1) is 7.11 Å². The van der Waals surface area contributed by atoms with Gasteiger partial charge in [-0.3, -0.25) is 9.71 Å². The molecule has 1 atom stereocenters. The van der Waals surface area contributed by atoms with Gasteiger partial charge in [0.1, 0.15) is 10.8 Å². The molecule has 3 heterocycles. The first kappa shape index (κ1) is 23.3. The molecule has 0 saturated heterocycles. The van der Waals surface area contributed by atoms with Gasteiger partial charge in [0.25, 0.3) is 5.88 Å². The van der Waals surface area contributed by atoms with E-state index in [9.17, 15) is 4.21 Å². The van der Waals surface area contributed by atoms with Gasteiger partial charge in [0.15, 0.2) is 22.6 Å². The van der Waals surface area contributed by atoms with E-state index in [1.807, 2.05) is 37.3 Å². The third kappa shape index (κ3) is 5.37. The predicted octanol–water partition coefficient (Wildman–Crippen LogP) is 5.13. The highest BCUT2D eigenvalue weighted by Gasteiger charge is 2.22. The number of methoxy groups -OCH3 is 1. The van der Waals surface area contributed by atoms with Crippen LogP contribution in [0.25, 0.3) is 11.4 Å². The molecule has 3 aromatic heterocycles. The molecule has 0 amide bonds. The van der Waals surface area contributed by atoms with Crippen molar-refractivity contribution in [3.05, 3.63) is 78.2 Å². The third-order valence-electron chi connectivity index (χ3n) is 4.93. The number of pyridine rings is 2. The summed E-state index contributed by atoms with van der Waals surface area (Å²) in [5, 5.41) is 0.367. The molecule has 1 aromatic carbocycles. The van der Waals surface area contributed by atoms with Crippen LogP contribution in [0, 0.1) is 6.92 Å². The quantitative estimate of drug-likeness (QED) is 0.358. The van der Waals surface area contributed by atoms with Crippen LogP contribution in [-0.2, 0) is 17.4 Å². The van der Waals surface area contributed by atoms with Crippen LogP contribution in [0.15, 0.2) is 72.1 Å². The standard InChI is InChI=1S/C25H25N5O3S/c1-4-7-18-8-5-6-9-20(18)33-22-24(30-34(31)21-11-10-17(2)16-27-21)28-23(29-25(22)32-3)19-12-14-26-15-13-19/h5-6,8-16H,4,7H2,1-3H3,(H,28,29,30). The lowest BCUT2D eigenvalue weighted by Gasteiger charge is -2.17. The molecule has 8 nitrogen and oxygen atoms in total. The summed E-state index contributed by atoms with van der Waals surface area (Å²) in [5.74, 6) is 1.72. The van der Waals surface area contributed by atoms with Crippen molar-refractivity contribution in [2.45, 2.75) is 31.7 Å². The number of ether oxygens (including phenoxy) is 2. The molecule has 9 heteroatoms. The maximum atomic E-state index is 13.1. The van der Waals surface area contributed by atoms with E-state index in [-0.39, 0.29) is 17.4 Å². The summed E-state index contributed by atoms with van der Waals surface area (Å²) in [6, 6.07) is 14.9. The van der Waals surface area contributed by atoms with Crippen molar-refractivity contribution in [3.63, 3.8) is 0 Å². The lowest BCUT2D eigenvalue weighted by Crippen LogP contribution is -2.11. The topological polar surface area (TPSA) is 99.1 Å². The van der Waals surface area contributed by atoms with E-state index in [0.717, 1.165) is 29.5 Å². The van der Waals surface area contributed by atoms with Crippen molar-refractivity contribution >= 4 is 16.8 Å². The van der Waals surface area contributed by atoms with Crippen LogP contribution in [0.3, 0.4) is 0 Å². The number of aromatic nitrogens is 4. The minimum Gasteiger partial charge on any atom is -0.478 e. The van der Waals surface area contributed by atoms with E-state index >= 15 is 0 Å². The van der Waals surface area contributed by atoms with Crippen LogP contribution >= 0.6 is 0 Å². The first-order valence-electron chi connectivity index (χ1n) is 10.8. The van der Waals surface area contributed by atoms with Gasteiger partial charge >= 0.3 is 0 Å². The van der Waals surface area contributed by atoms with E-state index in [0.29, 0.717) is 16.6 Å². The second-order valence-corrected chi connectivity index (χ2v) is 8.63. The molecule has 1 unspecified atom stereocenters. The molecule has 0 radical (unpaired) electrons. The molecule has 0 aliphatic carbocycles. The van der Waals surface area contributed by atoms with E-state index in [4.69, 9.17) is 9.47 Å². The SMILES string of the molecule is CCCc1ccccc1Oc1c(NS(=O)c2ccc(C)cn2)nc(-c2ccncc2)nc1OC. The predicted molar refractivity (Wildman–Crippen MR) is 131 cm³/mol. The number of anilines is 1. The summed E-state index contributed by atoms with van der Waals surface area (Å²) < 4.78 is 27.9. The number of para-hydroxylation sites is 1. The van der Waals surface area contributed by atoms with E-state index in [1.54, 1.807) is 36.8 Å². The zero-order chi connectivity index (χ0) is 23.9. The second kappa shape index (κ2) is 10.8. The summed E-state index contributed by atoms with van der Waals surface area (Å²) in [6.07, 6.45) is 6.77. The Kier molecular flexibility index (Phi) is 7.44. The Labute approximate surface area is 201 Å². The highest BCUT2D eigenvalue weighted by molar-refractivity contribution is 7.86. The van der Waals surface area contributed by atoms with Crippen molar-refractivity contribution in [3.8, 4) is 28.8 Å². The van der Waals surface area contributed by atoms with Crippen molar-refractivity contribution in [1.82, 2.24) is 19.9 Å². The van der Waals surface area contributed by atoms with Crippen LogP contribution in [-0.4, -0.2) is 31.3 Å². The minimum atomic E-state index is -1.69. The summed E-state index contributed by atoms with van der Waals surface area (Å²) in [7, 11) is -0.188. The van der Waals surface area contributed by atoms with Crippen molar-refractivity contribution < 1.29 is 13.7 Å². The average Bonchev–Trinajstić information content (AvgIpc) is 2.87. The van der Waals surface area contributed by atoms with E-state index in [2.05, 4.69) is 31.6 Å². The fourth-order valence-corrected chi connectivity index (χ4v) is 4.01. The average molecular weight is 476 g/mol. The summed E-state index contributed by atoms with van der Waals surface area (Å²) >= 11 is 0. The number of benzene rings is 1. The number of hydrogen-bond donors (Lipinski definition) is 1. The highest BCUT2D eigenvalue weighted by atomic mass is 32.2. The van der Waals surface area contributed by atoms with Crippen molar-refractivity contribution in [2.75, 3.05) is 11.8 Å². The van der Waals surface area contributed by atoms with Gasteiger partial charge in [-0.1, -0.05) is 37.6 Å². The Hall–Kier alpha value is -3.85. The molecule has 0 aliphatic rings.